The number of rotatable bonds is 6. The van der Waals surface area contributed by atoms with E-state index in [0.717, 1.165) is 29.2 Å². The molecule has 0 fully saturated rings. The highest BCUT2D eigenvalue weighted by Crippen LogP contribution is 2.31. The molecule has 5 heteroatoms. The minimum absolute atomic E-state index is 0.197. The second-order valence-electron chi connectivity index (χ2n) is 6.37. The standard InChI is InChI=1S/C21H20FNO3/c22-19-9-17(21-18(10-19)14-24-15-26-21)12-23(13-20-7-4-8-25-20)11-16-5-2-1-3-6-16/h1-10H,11-15H2. The van der Waals surface area contributed by atoms with Crippen LogP contribution in [0.25, 0.3) is 0 Å². The second-order valence-corrected chi connectivity index (χ2v) is 6.37. The van der Waals surface area contributed by atoms with Crippen molar-refractivity contribution in [2.45, 2.75) is 26.2 Å². The molecule has 0 atom stereocenters. The first-order valence-electron chi connectivity index (χ1n) is 8.58. The number of halogens is 1. The summed E-state index contributed by atoms with van der Waals surface area (Å²) in [5.74, 6) is 1.33. The van der Waals surface area contributed by atoms with E-state index in [0.29, 0.717) is 19.7 Å². The topological polar surface area (TPSA) is 34.8 Å². The Hall–Kier alpha value is -2.63. The van der Waals surface area contributed by atoms with E-state index in [2.05, 4.69) is 17.0 Å². The lowest BCUT2D eigenvalue weighted by Gasteiger charge is -2.26. The van der Waals surface area contributed by atoms with Gasteiger partial charge in [0.1, 0.15) is 17.3 Å². The highest BCUT2D eigenvalue weighted by molar-refractivity contribution is 5.42. The van der Waals surface area contributed by atoms with Gasteiger partial charge in [0.05, 0.1) is 19.4 Å². The first-order valence-corrected chi connectivity index (χ1v) is 8.58. The summed E-state index contributed by atoms with van der Waals surface area (Å²) in [5, 5.41) is 0. The van der Waals surface area contributed by atoms with Crippen LogP contribution in [0.5, 0.6) is 5.75 Å². The molecule has 0 radical (unpaired) electrons. The lowest BCUT2D eigenvalue weighted by molar-refractivity contribution is -0.0178. The summed E-state index contributed by atoms with van der Waals surface area (Å²) in [4.78, 5) is 2.21. The molecule has 1 aliphatic heterocycles. The first-order chi connectivity index (χ1) is 12.8. The van der Waals surface area contributed by atoms with Crippen LogP contribution in [0.4, 0.5) is 4.39 Å². The van der Waals surface area contributed by atoms with E-state index in [1.165, 1.54) is 11.6 Å². The van der Waals surface area contributed by atoms with Crippen molar-refractivity contribution >= 4 is 0 Å². The van der Waals surface area contributed by atoms with Crippen molar-refractivity contribution < 1.29 is 18.3 Å². The predicted molar refractivity (Wildman–Crippen MR) is 94.8 cm³/mol. The Kier molecular flexibility index (Phi) is 5.00. The lowest BCUT2D eigenvalue weighted by atomic mass is 10.1. The summed E-state index contributed by atoms with van der Waals surface area (Å²) in [6.45, 7) is 2.47. The second kappa shape index (κ2) is 7.72. The molecule has 3 aromatic rings. The Morgan fingerprint density at radius 3 is 2.65 bits per heavy atom. The van der Waals surface area contributed by atoms with Gasteiger partial charge in [-0.15, -0.1) is 0 Å². The quantitative estimate of drug-likeness (QED) is 0.654. The Balaban J connectivity index is 1.61. The van der Waals surface area contributed by atoms with Crippen LogP contribution in [0.15, 0.2) is 65.3 Å². The molecule has 134 valence electrons. The van der Waals surface area contributed by atoms with E-state index >= 15 is 0 Å². The lowest BCUT2D eigenvalue weighted by Crippen LogP contribution is -2.24. The van der Waals surface area contributed by atoms with Gasteiger partial charge in [-0.1, -0.05) is 30.3 Å². The number of benzene rings is 2. The number of hydrogen-bond donors (Lipinski definition) is 0. The highest BCUT2D eigenvalue weighted by Gasteiger charge is 2.19. The average Bonchev–Trinajstić information content (AvgIpc) is 3.15. The van der Waals surface area contributed by atoms with Gasteiger partial charge in [0.15, 0.2) is 6.79 Å². The van der Waals surface area contributed by atoms with Crippen LogP contribution >= 0.6 is 0 Å². The van der Waals surface area contributed by atoms with E-state index in [-0.39, 0.29) is 12.6 Å². The van der Waals surface area contributed by atoms with Gasteiger partial charge in [0, 0.05) is 24.2 Å². The van der Waals surface area contributed by atoms with Crippen LogP contribution in [0.2, 0.25) is 0 Å². The maximum absolute atomic E-state index is 14.1. The van der Waals surface area contributed by atoms with Gasteiger partial charge >= 0.3 is 0 Å². The Morgan fingerprint density at radius 2 is 1.85 bits per heavy atom. The summed E-state index contributed by atoms with van der Waals surface area (Å²) in [6.07, 6.45) is 1.67. The van der Waals surface area contributed by atoms with E-state index in [1.54, 1.807) is 12.3 Å². The number of hydrogen-bond acceptors (Lipinski definition) is 4. The van der Waals surface area contributed by atoms with Gasteiger partial charge in [-0.2, -0.15) is 0 Å². The van der Waals surface area contributed by atoms with Gasteiger partial charge in [0.2, 0.25) is 0 Å². The zero-order valence-electron chi connectivity index (χ0n) is 14.4. The smallest absolute Gasteiger partial charge is 0.189 e. The molecule has 0 saturated heterocycles. The van der Waals surface area contributed by atoms with Crippen LogP contribution in [0, 0.1) is 5.82 Å². The Labute approximate surface area is 151 Å². The van der Waals surface area contributed by atoms with Crippen LogP contribution in [-0.4, -0.2) is 11.7 Å². The monoisotopic (exact) mass is 353 g/mol. The minimum Gasteiger partial charge on any atom is -0.468 e. The van der Waals surface area contributed by atoms with Crippen molar-refractivity contribution in [3.05, 3.63) is 89.1 Å². The molecule has 0 aliphatic carbocycles. The first kappa shape index (κ1) is 16.8. The third-order valence-electron chi connectivity index (χ3n) is 4.35. The molecule has 0 amide bonds. The largest absolute Gasteiger partial charge is 0.468 e. The number of ether oxygens (including phenoxy) is 2. The zero-order valence-corrected chi connectivity index (χ0v) is 14.4. The van der Waals surface area contributed by atoms with Crippen molar-refractivity contribution in [2.24, 2.45) is 0 Å². The molecule has 26 heavy (non-hydrogen) atoms. The molecular weight excluding hydrogens is 333 g/mol. The molecule has 2 aromatic carbocycles. The molecule has 0 N–H and O–H groups in total. The van der Waals surface area contributed by atoms with Gasteiger partial charge in [-0.05, 0) is 29.8 Å². The number of nitrogens with zero attached hydrogens (tertiary/aromatic N) is 1. The SMILES string of the molecule is Fc1cc2c(c(CN(Cc3ccccc3)Cc3ccco3)c1)OCOC2. The van der Waals surface area contributed by atoms with E-state index in [1.807, 2.05) is 30.3 Å². The van der Waals surface area contributed by atoms with Crippen molar-refractivity contribution in [1.29, 1.82) is 0 Å². The van der Waals surface area contributed by atoms with Crippen molar-refractivity contribution in [3.63, 3.8) is 0 Å². The van der Waals surface area contributed by atoms with Crippen LogP contribution in [-0.2, 0) is 31.0 Å². The summed E-state index contributed by atoms with van der Waals surface area (Å²) in [6, 6.07) is 17.0. The molecule has 0 spiro atoms. The molecular formula is C21H20FNO3. The maximum Gasteiger partial charge on any atom is 0.189 e. The van der Waals surface area contributed by atoms with E-state index in [4.69, 9.17) is 13.9 Å². The third-order valence-corrected chi connectivity index (χ3v) is 4.35. The molecule has 4 rings (SSSR count). The zero-order chi connectivity index (χ0) is 17.8. The molecule has 2 heterocycles. The average molecular weight is 353 g/mol. The fraction of sp³-hybridized carbons (Fsp3) is 0.238. The van der Waals surface area contributed by atoms with Gasteiger partial charge in [-0.25, -0.2) is 4.39 Å². The summed E-state index contributed by atoms with van der Waals surface area (Å²) in [7, 11) is 0. The number of fused-ring (bicyclic) bond motifs is 1. The highest BCUT2D eigenvalue weighted by atomic mass is 19.1. The van der Waals surface area contributed by atoms with E-state index in [9.17, 15) is 4.39 Å². The van der Waals surface area contributed by atoms with Gasteiger partial charge in [-0.3, -0.25) is 4.90 Å². The Bertz CT molecular complexity index is 849. The van der Waals surface area contributed by atoms with Crippen molar-refractivity contribution in [2.75, 3.05) is 6.79 Å². The van der Waals surface area contributed by atoms with Crippen molar-refractivity contribution in [1.82, 2.24) is 4.90 Å². The predicted octanol–water partition coefficient (Wildman–Crippen LogP) is 4.49. The summed E-state index contributed by atoms with van der Waals surface area (Å²) in [5.41, 5.74) is 2.77. The fourth-order valence-corrected chi connectivity index (χ4v) is 3.25. The van der Waals surface area contributed by atoms with Crippen LogP contribution < -0.4 is 4.74 Å². The van der Waals surface area contributed by atoms with Gasteiger partial charge in [0.25, 0.3) is 0 Å². The van der Waals surface area contributed by atoms with Crippen LogP contribution in [0.3, 0.4) is 0 Å². The third kappa shape index (κ3) is 3.95. The Morgan fingerprint density at radius 1 is 0.962 bits per heavy atom. The molecule has 1 aromatic heterocycles. The maximum atomic E-state index is 14.1. The molecule has 0 saturated carbocycles. The summed E-state index contributed by atoms with van der Waals surface area (Å²) >= 11 is 0. The van der Waals surface area contributed by atoms with Crippen molar-refractivity contribution in [3.8, 4) is 5.75 Å². The molecule has 0 bridgehead atoms. The number of furan rings is 1. The molecule has 0 unspecified atom stereocenters. The van der Waals surface area contributed by atoms with E-state index < -0.39 is 0 Å². The molecule has 4 nitrogen and oxygen atoms in total. The van der Waals surface area contributed by atoms with Crippen LogP contribution in [0.1, 0.15) is 22.5 Å². The molecule has 1 aliphatic rings. The van der Waals surface area contributed by atoms with Gasteiger partial charge < -0.3 is 13.9 Å². The fourth-order valence-electron chi connectivity index (χ4n) is 3.25. The summed E-state index contributed by atoms with van der Waals surface area (Å²) < 4.78 is 30.5. The normalized spacial score (nSPS) is 13.5. The minimum atomic E-state index is -0.273.